The van der Waals surface area contributed by atoms with Crippen LogP contribution in [0.15, 0.2) is 6.07 Å². The number of unbranched alkanes of at least 4 members (excludes halogenated alkanes) is 1. The van der Waals surface area contributed by atoms with Gasteiger partial charge in [0, 0.05) is 24.3 Å². The Balaban J connectivity index is 2.30. The molecule has 4 nitrogen and oxygen atoms in total. The molecule has 0 radical (unpaired) electrons. The second-order valence-corrected chi connectivity index (χ2v) is 4.71. The Labute approximate surface area is 99.4 Å². The predicted molar refractivity (Wildman–Crippen MR) is 64.9 cm³/mol. The Morgan fingerprint density at radius 2 is 2.12 bits per heavy atom. The van der Waals surface area contributed by atoms with E-state index in [2.05, 4.69) is 0 Å². The van der Waals surface area contributed by atoms with Crippen LogP contribution < -0.4 is 5.73 Å². The van der Waals surface area contributed by atoms with Crippen LogP contribution >= 0.6 is 11.3 Å². The first-order valence-corrected chi connectivity index (χ1v) is 5.98. The van der Waals surface area contributed by atoms with Gasteiger partial charge in [-0.15, -0.1) is 11.3 Å². The molecule has 0 aliphatic rings. The van der Waals surface area contributed by atoms with Crippen LogP contribution in [0, 0.1) is 6.92 Å². The fraction of sp³-hybridized carbons (Fsp3) is 0.545. The lowest BCUT2D eigenvalue weighted by Crippen LogP contribution is -2.05. The maximum absolute atomic E-state index is 11.5. The van der Waals surface area contributed by atoms with Crippen LogP contribution in [0.2, 0.25) is 0 Å². The fourth-order valence-electron chi connectivity index (χ4n) is 1.18. The molecule has 90 valence electrons. The molecule has 1 heterocycles. The lowest BCUT2D eigenvalue weighted by atomic mass is 10.3. The summed E-state index contributed by atoms with van der Waals surface area (Å²) in [5.74, 6) is -0.290. The fourth-order valence-corrected chi connectivity index (χ4v) is 2.02. The maximum Gasteiger partial charge on any atom is 0.348 e. The molecular formula is C11H17NO3S. The minimum Gasteiger partial charge on any atom is -0.462 e. The Kier molecular flexibility index (Phi) is 5.28. The molecule has 0 atom stereocenters. The van der Waals surface area contributed by atoms with Crippen molar-refractivity contribution in [2.45, 2.75) is 19.8 Å². The van der Waals surface area contributed by atoms with E-state index in [4.69, 9.17) is 15.2 Å². The van der Waals surface area contributed by atoms with Gasteiger partial charge in [0.1, 0.15) is 4.88 Å². The maximum atomic E-state index is 11.5. The van der Waals surface area contributed by atoms with Crippen molar-refractivity contribution in [2.24, 2.45) is 0 Å². The molecule has 5 heteroatoms. The summed E-state index contributed by atoms with van der Waals surface area (Å²) in [4.78, 5) is 13.1. The van der Waals surface area contributed by atoms with Crippen molar-refractivity contribution in [3.63, 3.8) is 0 Å². The number of esters is 1. The van der Waals surface area contributed by atoms with Crippen molar-refractivity contribution in [2.75, 3.05) is 26.1 Å². The average molecular weight is 243 g/mol. The van der Waals surface area contributed by atoms with E-state index in [1.54, 1.807) is 13.2 Å². The summed E-state index contributed by atoms with van der Waals surface area (Å²) in [7, 11) is 1.66. The van der Waals surface area contributed by atoms with Gasteiger partial charge in [0.15, 0.2) is 0 Å². The van der Waals surface area contributed by atoms with Crippen LogP contribution in [-0.4, -0.2) is 26.3 Å². The molecule has 0 saturated heterocycles. The Hall–Kier alpha value is -1.07. The van der Waals surface area contributed by atoms with E-state index in [9.17, 15) is 4.79 Å². The number of nitrogens with two attached hydrogens (primary N) is 1. The lowest BCUT2D eigenvalue weighted by Gasteiger charge is -2.02. The van der Waals surface area contributed by atoms with Crippen molar-refractivity contribution in [1.82, 2.24) is 0 Å². The van der Waals surface area contributed by atoms with Crippen LogP contribution in [0.25, 0.3) is 0 Å². The van der Waals surface area contributed by atoms with Crippen LogP contribution in [0.3, 0.4) is 0 Å². The third-order valence-corrected chi connectivity index (χ3v) is 3.18. The molecule has 0 aromatic carbocycles. The number of nitrogen functional groups attached to an aromatic ring is 1. The number of hydrogen-bond acceptors (Lipinski definition) is 5. The summed E-state index contributed by atoms with van der Waals surface area (Å²) >= 11 is 1.37. The van der Waals surface area contributed by atoms with Gasteiger partial charge < -0.3 is 15.2 Å². The highest BCUT2D eigenvalue weighted by molar-refractivity contribution is 7.14. The van der Waals surface area contributed by atoms with E-state index in [1.165, 1.54) is 11.3 Å². The molecule has 1 aromatic rings. The molecule has 2 N–H and O–H groups in total. The number of carbonyl (C=O) groups excluding carboxylic acids is 1. The average Bonchev–Trinajstić information content (AvgIpc) is 2.59. The third-order valence-electron chi connectivity index (χ3n) is 2.13. The van der Waals surface area contributed by atoms with Gasteiger partial charge in [-0.05, 0) is 25.8 Å². The van der Waals surface area contributed by atoms with Gasteiger partial charge in [-0.1, -0.05) is 0 Å². The number of anilines is 1. The molecule has 0 amide bonds. The number of ether oxygens (including phenoxy) is 2. The van der Waals surface area contributed by atoms with Gasteiger partial charge in [0.25, 0.3) is 0 Å². The van der Waals surface area contributed by atoms with E-state index in [-0.39, 0.29) is 5.97 Å². The number of aryl methyl sites for hydroxylation is 1. The first-order chi connectivity index (χ1) is 7.65. The highest BCUT2D eigenvalue weighted by atomic mass is 32.1. The molecule has 0 saturated carbocycles. The van der Waals surface area contributed by atoms with Crippen LogP contribution in [0.1, 0.15) is 27.4 Å². The van der Waals surface area contributed by atoms with Crippen molar-refractivity contribution in [3.05, 3.63) is 15.8 Å². The topological polar surface area (TPSA) is 61.5 Å². The zero-order valence-corrected chi connectivity index (χ0v) is 10.4. The molecule has 0 aliphatic heterocycles. The second kappa shape index (κ2) is 6.50. The zero-order chi connectivity index (χ0) is 12.0. The van der Waals surface area contributed by atoms with E-state index in [0.717, 1.165) is 17.7 Å². The highest BCUT2D eigenvalue weighted by Gasteiger charge is 2.11. The van der Waals surface area contributed by atoms with Crippen molar-refractivity contribution >= 4 is 23.0 Å². The molecule has 0 bridgehead atoms. The van der Waals surface area contributed by atoms with E-state index in [0.29, 0.717) is 23.8 Å². The van der Waals surface area contributed by atoms with Gasteiger partial charge in [-0.3, -0.25) is 0 Å². The minimum absolute atomic E-state index is 0.290. The van der Waals surface area contributed by atoms with Crippen LogP contribution in [0.5, 0.6) is 0 Å². The highest BCUT2D eigenvalue weighted by Crippen LogP contribution is 2.23. The Morgan fingerprint density at radius 3 is 2.69 bits per heavy atom. The summed E-state index contributed by atoms with van der Waals surface area (Å²) in [5, 5.41) is 0. The summed E-state index contributed by atoms with van der Waals surface area (Å²) in [6.45, 7) is 3.01. The van der Waals surface area contributed by atoms with Gasteiger partial charge in [0.2, 0.25) is 0 Å². The van der Waals surface area contributed by atoms with E-state index < -0.39 is 0 Å². The first kappa shape index (κ1) is 13.0. The number of carbonyl (C=O) groups is 1. The summed E-state index contributed by atoms with van der Waals surface area (Å²) < 4.78 is 10.0. The first-order valence-electron chi connectivity index (χ1n) is 5.17. The summed E-state index contributed by atoms with van der Waals surface area (Å²) in [6.07, 6.45) is 1.72. The number of thiophene rings is 1. The zero-order valence-electron chi connectivity index (χ0n) is 9.62. The molecule has 0 fully saturated rings. The van der Waals surface area contributed by atoms with E-state index in [1.807, 2.05) is 6.92 Å². The van der Waals surface area contributed by atoms with Crippen LogP contribution in [0.4, 0.5) is 5.69 Å². The summed E-state index contributed by atoms with van der Waals surface area (Å²) in [5.41, 5.74) is 6.31. The molecule has 0 unspecified atom stereocenters. The predicted octanol–water partition coefficient (Wildman–Crippen LogP) is 2.22. The normalized spacial score (nSPS) is 10.4. The van der Waals surface area contributed by atoms with Crippen molar-refractivity contribution < 1.29 is 14.3 Å². The standard InChI is InChI=1S/C11H17NO3S/c1-8-9(12)7-10(16-8)11(13)15-6-4-3-5-14-2/h7H,3-6,12H2,1-2H3. The van der Waals surface area contributed by atoms with Gasteiger partial charge >= 0.3 is 5.97 Å². The second-order valence-electron chi connectivity index (χ2n) is 3.46. The minimum atomic E-state index is -0.290. The molecule has 0 spiro atoms. The van der Waals surface area contributed by atoms with Crippen molar-refractivity contribution in [1.29, 1.82) is 0 Å². The molecule has 0 aliphatic carbocycles. The third kappa shape index (κ3) is 3.83. The Morgan fingerprint density at radius 1 is 1.44 bits per heavy atom. The largest absolute Gasteiger partial charge is 0.462 e. The van der Waals surface area contributed by atoms with E-state index >= 15 is 0 Å². The smallest absolute Gasteiger partial charge is 0.348 e. The number of hydrogen-bond donors (Lipinski definition) is 1. The van der Waals surface area contributed by atoms with Crippen molar-refractivity contribution in [3.8, 4) is 0 Å². The molecule has 1 aromatic heterocycles. The lowest BCUT2D eigenvalue weighted by molar-refractivity contribution is 0.0495. The SMILES string of the molecule is COCCCCOC(=O)c1cc(N)c(C)s1. The van der Waals surface area contributed by atoms with Gasteiger partial charge in [0.05, 0.1) is 6.61 Å². The molecule has 16 heavy (non-hydrogen) atoms. The number of methoxy groups -OCH3 is 1. The Bertz CT molecular complexity index is 329. The molecule has 1 rings (SSSR count). The van der Waals surface area contributed by atoms with Gasteiger partial charge in [-0.2, -0.15) is 0 Å². The van der Waals surface area contributed by atoms with Gasteiger partial charge in [-0.25, -0.2) is 4.79 Å². The molecular weight excluding hydrogens is 226 g/mol. The monoisotopic (exact) mass is 243 g/mol. The number of rotatable bonds is 6. The van der Waals surface area contributed by atoms with Crippen LogP contribution in [-0.2, 0) is 9.47 Å². The quantitative estimate of drug-likeness (QED) is 0.614. The summed E-state index contributed by atoms with van der Waals surface area (Å²) in [6, 6.07) is 1.66.